The number of aromatic nitrogens is 2. The molecule has 1 fully saturated rings. The third kappa shape index (κ3) is 3.88. The highest BCUT2D eigenvalue weighted by atomic mass is 32.2. The van der Waals surface area contributed by atoms with Gasteiger partial charge < -0.3 is 5.32 Å². The molecular weight excluding hydrogens is 388 g/mol. The highest BCUT2D eigenvalue weighted by Gasteiger charge is 2.28. The lowest BCUT2D eigenvalue weighted by atomic mass is 10.2. The summed E-state index contributed by atoms with van der Waals surface area (Å²) in [5.41, 5.74) is 4.62. The zero-order valence-corrected chi connectivity index (χ0v) is 17.1. The molecule has 1 saturated heterocycles. The van der Waals surface area contributed by atoms with Crippen molar-refractivity contribution < 1.29 is 13.2 Å². The van der Waals surface area contributed by atoms with E-state index in [1.54, 1.807) is 36.4 Å². The molecule has 0 radical (unpaired) electrons. The van der Waals surface area contributed by atoms with Crippen LogP contribution in [-0.4, -0.2) is 36.4 Å². The van der Waals surface area contributed by atoms with E-state index in [1.165, 1.54) is 4.31 Å². The second kappa shape index (κ2) is 7.36. The van der Waals surface area contributed by atoms with Gasteiger partial charge in [0.1, 0.15) is 0 Å². The quantitative estimate of drug-likeness (QED) is 0.715. The Hall–Kier alpha value is -3.13. The van der Waals surface area contributed by atoms with E-state index in [4.69, 9.17) is 0 Å². The summed E-state index contributed by atoms with van der Waals surface area (Å²) in [6, 6.07) is 16.1. The van der Waals surface area contributed by atoms with Crippen LogP contribution >= 0.6 is 0 Å². The molecule has 1 aliphatic rings. The molecule has 0 saturated carbocycles. The lowest BCUT2D eigenvalue weighted by Crippen LogP contribution is -2.24. The van der Waals surface area contributed by atoms with Crippen LogP contribution in [0.1, 0.15) is 28.2 Å². The zero-order valence-electron chi connectivity index (χ0n) is 16.3. The van der Waals surface area contributed by atoms with Gasteiger partial charge in [-0.25, -0.2) is 13.1 Å². The maximum atomic E-state index is 12.5. The number of hydrogen-bond acceptors (Lipinski definition) is 4. The molecule has 3 aromatic rings. The van der Waals surface area contributed by atoms with Gasteiger partial charge in [0, 0.05) is 23.5 Å². The topological polar surface area (TPSA) is 84.3 Å². The van der Waals surface area contributed by atoms with Crippen LogP contribution in [-0.2, 0) is 10.0 Å². The molecule has 2 aromatic carbocycles. The number of nitrogens with zero attached hydrogens (tertiary/aromatic N) is 3. The fraction of sp³-hybridized carbons (Fsp3) is 0.238. The van der Waals surface area contributed by atoms with Gasteiger partial charge >= 0.3 is 0 Å². The number of anilines is 2. The summed E-state index contributed by atoms with van der Waals surface area (Å²) < 4.78 is 27.3. The van der Waals surface area contributed by atoms with E-state index in [9.17, 15) is 13.2 Å². The molecule has 150 valence electrons. The van der Waals surface area contributed by atoms with E-state index >= 15 is 0 Å². The molecule has 2 heterocycles. The van der Waals surface area contributed by atoms with E-state index < -0.39 is 10.0 Å². The number of carbonyl (C=O) groups excluding carboxylic acids is 1. The Kier molecular flexibility index (Phi) is 4.87. The first-order valence-electron chi connectivity index (χ1n) is 9.39. The van der Waals surface area contributed by atoms with Crippen molar-refractivity contribution in [3.63, 3.8) is 0 Å². The van der Waals surface area contributed by atoms with Crippen LogP contribution in [0.25, 0.3) is 5.69 Å². The number of hydrogen-bond donors (Lipinski definition) is 1. The van der Waals surface area contributed by atoms with Gasteiger partial charge in [-0.15, -0.1) is 0 Å². The van der Waals surface area contributed by atoms with Crippen LogP contribution in [0.2, 0.25) is 0 Å². The number of nitrogens with one attached hydrogen (secondary N) is 1. The third-order valence-electron chi connectivity index (χ3n) is 4.90. The SMILES string of the molecule is Cc1cc(C)n(-c2ccc(C(=O)Nc3ccc(N4CCCS4(=O)=O)cc3)cc2)n1. The normalized spacial score (nSPS) is 15.4. The van der Waals surface area contributed by atoms with Crippen molar-refractivity contribution in [2.45, 2.75) is 20.3 Å². The molecule has 1 aromatic heterocycles. The maximum Gasteiger partial charge on any atom is 0.255 e. The van der Waals surface area contributed by atoms with Crippen LogP contribution in [0.4, 0.5) is 11.4 Å². The fourth-order valence-electron chi connectivity index (χ4n) is 3.49. The average molecular weight is 410 g/mol. The van der Waals surface area contributed by atoms with Crippen molar-refractivity contribution in [1.82, 2.24) is 9.78 Å². The van der Waals surface area contributed by atoms with Crippen LogP contribution in [0.5, 0.6) is 0 Å². The molecule has 8 heteroatoms. The largest absolute Gasteiger partial charge is 0.322 e. The van der Waals surface area contributed by atoms with Gasteiger partial charge in [-0.3, -0.25) is 9.10 Å². The second-order valence-electron chi connectivity index (χ2n) is 7.13. The van der Waals surface area contributed by atoms with Gasteiger partial charge in [-0.2, -0.15) is 5.10 Å². The molecule has 1 amide bonds. The average Bonchev–Trinajstić information content (AvgIpc) is 3.22. The monoisotopic (exact) mass is 410 g/mol. The summed E-state index contributed by atoms with van der Waals surface area (Å²) in [5, 5.41) is 7.29. The van der Waals surface area contributed by atoms with Crippen LogP contribution < -0.4 is 9.62 Å². The van der Waals surface area contributed by atoms with Crippen LogP contribution in [0, 0.1) is 13.8 Å². The number of aryl methyl sites for hydroxylation is 2. The Morgan fingerprint density at radius 2 is 1.66 bits per heavy atom. The molecule has 0 bridgehead atoms. The molecular formula is C21H22N4O3S. The Morgan fingerprint density at radius 3 is 2.21 bits per heavy atom. The predicted molar refractivity (Wildman–Crippen MR) is 113 cm³/mol. The lowest BCUT2D eigenvalue weighted by Gasteiger charge is -2.17. The number of amides is 1. The Balaban J connectivity index is 1.46. The number of rotatable bonds is 4. The summed E-state index contributed by atoms with van der Waals surface area (Å²) in [7, 11) is -3.21. The van der Waals surface area contributed by atoms with E-state index in [2.05, 4.69) is 10.4 Å². The summed E-state index contributed by atoms with van der Waals surface area (Å²) in [6.07, 6.45) is 0.633. The molecule has 0 aliphatic carbocycles. The third-order valence-corrected chi connectivity index (χ3v) is 6.77. The molecule has 1 N–H and O–H groups in total. The molecule has 0 spiro atoms. The minimum absolute atomic E-state index is 0.180. The van der Waals surface area contributed by atoms with Crippen molar-refractivity contribution in [3.05, 3.63) is 71.5 Å². The van der Waals surface area contributed by atoms with Crippen molar-refractivity contribution in [2.24, 2.45) is 0 Å². The first kappa shape index (κ1) is 19.2. The van der Waals surface area contributed by atoms with Gasteiger partial charge in [-0.05, 0) is 74.9 Å². The van der Waals surface area contributed by atoms with Gasteiger partial charge in [-0.1, -0.05) is 0 Å². The summed E-state index contributed by atoms with van der Waals surface area (Å²) >= 11 is 0. The maximum absolute atomic E-state index is 12.5. The lowest BCUT2D eigenvalue weighted by molar-refractivity contribution is 0.102. The minimum atomic E-state index is -3.21. The van der Waals surface area contributed by atoms with Crippen LogP contribution in [0.15, 0.2) is 54.6 Å². The van der Waals surface area contributed by atoms with Crippen LogP contribution in [0.3, 0.4) is 0 Å². The molecule has 0 unspecified atom stereocenters. The zero-order chi connectivity index (χ0) is 20.6. The van der Waals surface area contributed by atoms with Crippen molar-refractivity contribution in [3.8, 4) is 5.69 Å². The fourth-order valence-corrected chi connectivity index (χ4v) is 5.05. The van der Waals surface area contributed by atoms with E-state index in [0.29, 0.717) is 29.9 Å². The Bertz CT molecular complexity index is 1150. The standard InChI is InChI=1S/C21H22N4O3S/c1-15-14-16(2)25(23-15)20-8-4-17(5-9-20)21(26)22-18-6-10-19(11-7-18)24-12-3-13-29(24,27)28/h4-11,14H,3,12-13H2,1-2H3,(H,22,26). The van der Waals surface area contributed by atoms with E-state index in [1.807, 2.05) is 36.7 Å². The highest BCUT2D eigenvalue weighted by Crippen LogP contribution is 2.25. The Morgan fingerprint density at radius 1 is 1.00 bits per heavy atom. The predicted octanol–water partition coefficient (Wildman–Crippen LogP) is 3.28. The van der Waals surface area contributed by atoms with Crippen molar-refractivity contribution >= 4 is 27.3 Å². The molecule has 1 aliphatic heterocycles. The summed E-state index contributed by atoms with van der Waals surface area (Å²) in [4.78, 5) is 12.5. The molecule has 0 atom stereocenters. The second-order valence-corrected chi connectivity index (χ2v) is 9.14. The number of sulfonamides is 1. The molecule has 4 rings (SSSR count). The first-order chi connectivity index (χ1) is 13.8. The minimum Gasteiger partial charge on any atom is -0.322 e. The van der Waals surface area contributed by atoms with Gasteiger partial charge in [0.15, 0.2) is 0 Å². The number of benzene rings is 2. The van der Waals surface area contributed by atoms with Gasteiger partial charge in [0.05, 0.1) is 22.8 Å². The number of carbonyl (C=O) groups is 1. The highest BCUT2D eigenvalue weighted by molar-refractivity contribution is 7.93. The molecule has 7 nitrogen and oxygen atoms in total. The van der Waals surface area contributed by atoms with E-state index in [-0.39, 0.29) is 11.7 Å². The van der Waals surface area contributed by atoms with Gasteiger partial charge in [0.2, 0.25) is 10.0 Å². The van der Waals surface area contributed by atoms with E-state index in [0.717, 1.165) is 17.1 Å². The summed E-state index contributed by atoms with van der Waals surface area (Å²) in [5.74, 6) is -0.0505. The van der Waals surface area contributed by atoms with Crippen molar-refractivity contribution in [1.29, 1.82) is 0 Å². The summed E-state index contributed by atoms with van der Waals surface area (Å²) in [6.45, 7) is 4.42. The smallest absolute Gasteiger partial charge is 0.255 e. The Labute approximate surface area is 170 Å². The molecule has 29 heavy (non-hydrogen) atoms. The first-order valence-corrected chi connectivity index (χ1v) is 11.0. The van der Waals surface area contributed by atoms with Crippen molar-refractivity contribution in [2.75, 3.05) is 21.9 Å². The van der Waals surface area contributed by atoms with Gasteiger partial charge in [0.25, 0.3) is 5.91 Å².